The van der Waals surface area contributed by atoms with Crippen LogP contribution in [-0.4, -0.2) is 94.6 Å². The van der Waals surface area contributed by atoms with Gasteiger partial charge < -0.3 is 44.7 Å². The minimum Gasteiger partial charge on any atom is -0.487 e. The molecule has 14 heteroatoms. The number of hydrogen-bond acceptors (Lipinski definition) is 11. The molecule has 224 valence electrons. The number of carboxylic acid groups (broad SMARTS) is 3. The second-order valence-electron chi connectivity index (χ2n) is 8.55. The summed E-state index contributed by atoms with van der Waals surface area (Å²) < 4.78 is 21.8. The van der Waals surface area contributed by atoms with Crippen molar-refractivity contribution < 1.29 is 53.8 Å². The van der Waals surface area contributed by atoms with Crippen molar-refractivity contribution in [3.63, 3.8) is 0 Å². The number of nitrogens with one attached hydrogen (secondary N) is 1. The van der Waals surface area contributed by atoms with Crippen LogP contribution in [0.25, 0.3) is 10.9 Å². The number of aliphatic carboxylic acids is 3. The molecule has 0 radical (unpaired) electrons. The number of carbonyl (C=O) groups is 3. The number of anilines is 2. The minimum atomic E-state index is -2.74. The Morgan fingerprint density at radius 3 is 2.02 bits per heavy atom. The summed E-state index contributed by atoms with van der Waals surface area (Å²) >= 11 is 0. The van der Waals surface area contributed by atoms with Crippen molar-refractivity contribution in [1.29, 1.82) is 0 Å². The number of carboxylic acids is 3. The summed E-state index contributed by atoms with van der Waals surface area (Å²) in [5.74, 6) is -0.576. The fourth-order valence-corrected chi connectivity index (χ4v) is 3.40. The van der Waals surface area contributed by atoms with E-state index >= 15 is 0 Å². The standard InChI is InChI=1S/C22H23N3O4.C6H8O7/c1-4-16-6-5-7-17(12-16)25-22-18-13-20(28-10-8-26-2)21(29-11-9-27-3)14-19(18)23-15-24-22;7-3(8)1-6(13,5(11)12)2-4(9)10/h1,5-7,12-15H,8-11H2,2-3H3,(H,23,24,25);13H,1-2H2,(H,7,8)(H,9,10)(H,11,12). The summed E-state index contributed by atoms with van der Waals surface area (Å²) in [7, 11) is 3.25. The lowest BCUT2D eigenvalue weighted by Crippen LogP contribution is -2.42. The highest BCUT2D eigenvalue weighted by Crippen LogP contribution is 2.35. The molecule has 0 aliphatic carbocycles. The van der Waals surface area contributed by atoms with Gasteiger partial charge in [0, 0.05) is 36.9 Å². The van der Waals surface area contributed by atoms with Crippen molar-refractivity contribution in [2.45, 2.75) is 18.4 Å². The molecule has 2 aromatic carbocycles. The highest BCUT2D eigenvalue weighted by atomic mass is 16.5. The van der Waals surface area contributed by atoms with Gasteiger partial charge in [-0.15, -0.1) is 6.42 Å². The molecule has 5 N–H and O–H groups in total. The van der Waals surface area contributed by atoms with Crippen LogP contribution in [0.5, 0.6) is 11.5 Å². The van der Waals surface area contributed by atoms with Crippen molar-refractivity contribution >= 4 is 40.3 Å². The third-order valence-corrected chi connectivity index (χ3v) is 5.37. The Balaban J connectivity index is 0.000000401. The van der Waals surface area contributed by atoms with E-state index in [4.69, 9.17) is 45.8 Å². The maximum Gasteiger partial charge on any atom is 0.336 e. The van der Waals surface area contributed by atoms with E-state index < -0.39 is 36.4 Å². The highest BCUT2D eigenvalue weighted by Gasteiger charge is 2.40. The molecule has 0 aliphatic rings. The summed E-state index contributed by atoms with van der Waals surface area (Å²) in [6, 6.07) is 11.3. The number of methoxy groups -OCH3 is 2. The third-order valence-electron chi connectivity index (χ3n) is 5.37. The molecule has 42 heavy (non-hydrogen) atoms. The summed E-state index contributed by atoms with van der Waals surface area (Å²) in [4.78, 5) is 39.2. The van der Waals surface area contributed by atoms with Gasteiger partial charge in [0.05, 0.1) is 31.6 Å². The fraction of sp³-hybridized carbons (Fsp3) is 0.321. The Bertz CT molecular complexity index is 1410. The second-order valence-corrected chi connectivity index (χ2v) is 8.55. The molecule has 3 aromatic rings. The van der Waals surface area contributed by atoms with Crippen molar-refractivity contribution in [3.8, 4) is 23.8 Å². The van der Waals surface area contributed by atoms with Gasteiger partial charge in [0.1, 0.15) is 25.4 Å². The highest BCUT2D eigenvalue weighted by molar-refractivity contribution is 5.93. The maximum absolute atomic E-state index is 10.3. The molecule has 0 spiro atoms. The van der Waals surface area contributed by atoms with Crippen LogP contribution in [0.15, 0.2) is 42.7 Å². The quantitative estimate of drug-likeness (QED) is 0.128. The molecule has 0 aliphatic heterocycles. The lowest BCUT2D eigenvalue weighted by Gasteiger charge is -2.18. The summed E-state index contributed by atoms with van der Waals surface area (Å²) in [6.07, 6.45) is 4.71. The van der Waals surface area contributed by atoms with E-state index in [9.17, 15) is 14.4 Å². The van der Waals surface area contributed by atoms with E-state index in [1.165, 1.54) is 6.33 Å². The first-order chi connectivity index (χ1) is 20.0. The summed E-state index contributed by atoms with van der Waals surface area (Å²) in [5.41, 5.74) is -0.395. The molecule has 0 amide bonds. The molecule has 1 aromatic heterocycles. The van der Waals surface area contributed by atoms with Crippen LogP contribution in [0.4, 0.5) is 11.5 Å². The van der Waals surface area contributed by atoms with Crippen LogP contribution in [0.3, 0.4) is 0 Å². The zero-order valence-corrected chi connectivity index (χ0v) is 22.9. The van der Waals surface area contributed by atoms with Gasteiger partial charge in [-0.2, -0.15) is 0 Å². The Morgan fingerprint density at radius 2 is 1.50 bits per heavy atom. The van der Waals surface area contributed by atoms with Gasteiger partial charge in [0.15, 0.2) is 17.1 Å². The largest absolute Gasteiger partial charge is 0.487 e. The van der Waals surface area contributed by atoms with E-state index in [2.05, 4.69) is 21.2 Å². The number of nitrogens with zero attached hydrogens (tertiary/aromatic N) is 2. The minimum absolute atomic E-state index is 0.392. The molecule has 0 bridgehead atoms. The first-order valence-corrected chi connectivity index (χ1v) is 12.3. The molecule has 0 unspecified atom stereocenters. The lowest BCUT2D eigenvalue weighted by molar-refractivity contribution is -0.170. The average Bonchev–Trinajstić information content (AvgIpc) is 2.93. The number of fused-ring (bicyclic) bond motifs is 1. The smallest absolute Gasteiger partial charge is 0.336 e. The number of aliphatic hydroxyl groups is 1. The van der Waals surface area contributed by atoms with Gasteiger partial charge in [-0.1, -0.05) is 12.0 Å². The zero-order chi connectivity index (χ0) is 31.1. The number of terminal acetylenes is 1. The maximum atomic E-state index is 10.3. The van der Waals surface area contributed by atoms with Crippen LogP contribution in [0.1, 0.15) is 18.4 Å². The fourth-order valence-electron chi connectivity index (χ4n) is 3.40. The molecular weight excluding hydrogens is 554 g/mol. The molecular formula is C28H31N3O11. The molecule has 0 atom stereocenters. The Morgan fingerprint density at radius 1 is 0.905 bits per heavy atom. The van der Waals surface area contributed by atoms with Gasteiger partial charge in [-0.3, -0.25) is 9.59 Å². The third kappa shape index (κ3) is 10.2. The first kappa shape index (κ1) is 33.2. The molecule has 0 saturated carbocycles. The first-order valence-electron chi connectivity index (χ1n) is 12.3. The predicted molar refractivity (Wildman–Crippen MR) is 149 cm³/mol. The summed E-state index contributed by atoms with van der Waals surface area (Å²) in [6.45, 7) is 1.73. The van der Waals surface area contributed by atoms with E-state index in [0.29, 0.717) is 43.7 Å². The SMILES string of the molecule is C#Cc1cccc(Nc2ncnc3cc(OCCOC)c(OCCOC)cc23)c1.O=C(O)CC(O)(CC(=O)O)C(=O)O. The van der Waals surface area contributed by atoms with Crippen molar-refractivity contribution in [2.24, 2.45) is 0 Å². The Labute approximate surface area is 240 Å². The molecule has 0 saturated heterocycles. The number of aromatic nitrogens is 2. The van der Waals surface area contributed by atoms with Crippen molar-refractivity contribution in [3.05, 3.63) is 48.3 Å². The van der Waals surface area contributed by atoms with Crippen LogP contribution < -0.4 is 14.8 Å². The normalized spacial score (nSPS) is 10.6. The topological polar surface area (TPSA) is 207 Å². The Kier molecular flexibility index (Phi) is 12.9. The monoisotopic (exact) mass is 585 g/mol. The van der Waals surface area contributed by atoms with Gasteiger partial charge in [-0.25, -0.2) is 14.8 Å². The van der Waals surface area contributed by atoms with Gasteiger partial charge in [0.25, 0.3) is 0 Å². The second kappa shape index (κ2) is 16.3. The molecule has 1 heterocycles. The number of benzene rings is 2. The van der Waals surface area contributed by atoms with E-state index in [-0.39, 0.29) is 0 Å². The van der Waals surface area contributed by atoms with Crippen molar-refractivity contribution in [1.82, 2.24) is 9.97 Å². The van der Waals surface area contributed by atoms with Gasteiger partial charge in [-0.05, 0) is 24.3 Å². The van der Waals surface area contributed by atoms with E-state index in [1.807, 2.05) is 36.4 Å². The van der Waals surface area contributed by atoms with Crippen LogP contribution >= 0.6 is 0 Å². The predicted octanol–water partition coefficient (Wildman–Crippen LogP) is 2.16. The van der Waals surface area contributed by atoms with E-state index in [0.717, 1.165) is 22.2 Å². The molecule has 3 rings (SSSR count). The lowest BCUT2D eigenvalue weighted by atomic mass is 9.96. The molecule has 0 fully saturated rings. The van der Waals surface area contributed by atoms with E-state index in [1.54, 1.807) is 14.2 Å². The Hall–Kier alpha value is -4.97. The van der Waals surface area contributed by atoms with Crippen LogP contribution in [0.2, 0.25) is 0 Å². The van der Waals surface area contributed by atoms with Gasteiger partial charge in [0.2, 0.25) is 0 Å². The van der Waals surface area contributed by atoms with Crippen LogP contribution in [0, 0.1) is 12.3 Å². The number of hydrogen-bond donors (Lipinski definition) is 5. The van der Waals surface area contributed by atoms with Gasteiger partial charge >= 0.3 is 17.9 Å². The molecule has 14 nitrogen and oxygen atoms in total. The number of ether oxygens (including phenoxy) is 4. The number of rotatable bonds is 15. The average molecular weight is 586 g/mol. The zero-order valence-electron chi connectivity index (χ0n) is 22.9. The summed E-state index contributed by atoms with van der Waals surface area (Å²) in [5, 5.41) is 37.9. The van der Waals surface area contributed by atoms with Crippen molar-refractivity contribution in [2.75, 3.05) is 46.0 Å². The van der Waals surface area contributed by atoms with Crippen LogP contribution in [-0.2, 0) is 23.9 Å².